The molecule has 0 spiro atoms. The molecule has 0 fully saturated rings. The molecule has 0 bridgehead atoms. The molecule has 18 heavy (non-hydrogen) atoms. The first-order valence-electron chi connectivity index (χ1n) is 5.17. The van der Waals surface area contributed by atoms with Gasteiger partial charge in [0.15, 0.2) is 0 Å². The summed E-state index contributed by atoms with van der Waals surface area (Å²) in [7, 11) is 3.34. The van der Waals surface area contributed by atoms with Crippen LogP contribution in [-0.4, -0.2) is 58.3 Å². The van der Waals surface area contributed by atoms with Crippen molar-refractivity contribution in [3.8, 4) is 11.8 Å². The van der Waals surface area contributed by atoms with E-state index >= 15 is 0 Å². The molecule has 2 rings (SSSR count). The topological polar surface area (TPSA) is 44.2 Å². The van der Waals surface area contributed by atoms with Gasteiger partial charge in [-0.2, -0.15) is 0 Å². The molecule has 2 heterocycles. The fourth-order valence-corrected chi connectivity index (χ4v) is 12.0. The van der Waals surface area contributed by atoms with E-state index < -0.39 is 0 Å². The molecule has 0 aromatic carbocycles. The molecule has 2 aromatic rings. The Labute approximate surface area is 122 Å². The van der Waals surface area contributed by atoms with E-state index in [4.69, 9.17) is 9.47 Å². The number of nitrogens with zero attached hydrogens (tertiary/aromatic N) is 2. The molecule has 0 aliphatic carbocycles. The van der Waals surface area contributed by atoms with E-state index in [1.165, 1.54) is 7.22 Å². The molecular formula is C12H12N2O2Te2. The Morgan fingerprint density at radius 1 is 0.833 bits per heavy atom. The summed E-state index contributed by atoms with van der Waals surface area (Å²) in [5.41, 5.74) is 0. The monoisotopic (exact) mass is 476 g/mol. The van der Waals surface area contributed by atoms with Crippen LogP contribution >= 0.6 is 0 Å². The van der Waals surface area contributed by atoms with Gasteiger partial charge in [-0.25, -0.2) is 0 Å². The quantitative estimate of drug-likeness (QED) is 0.566. The van der Waals surface area contributed by atoms with Gasteiger partial charge in [0.05, 0.1) is 0 Å². The van der Waals surface area contributed by atoms with E-state index in [1.54, 1.807) is 26.6 Å². The first-order chi connectivity index (χ1) is 8.85. The Hall–Kier alpha value is -0.521. The van der Waals surface area contributed by atoms with E-state index in [2.05, 4.69) is 22.1 Å². The zero-order chi connectivity index (χ0) is 12.8. The van der Waals surface area contributed by atoms with Crippen LogP contribution in [0.5, 0.6) is 11.8 Å². The van der Waals surface area contributed by atoms with Gasteiger partial charge in [0.2, 0.25) is 0 Å². The number of methoxy groups -OCH3 is 2. The summed E-state index contributed by atoms with van der Waals surface area (Å²) in [6, 6.07) is 8.16. The van der Waals surface area contributed by atoms with E-state index in [0.717, 1.165) is 11.8 Å². The van der Waals surface area contributed by atoms with Crippen molar-refractivity contribution in [2.45, 2.75) is 0 Å². The number of hydrogen-bond acceptors (Lipinski definition) is 4. The van der Waals surface area contributed by atoms with Crippen molar-refractivity contribution in [2.24, 2.45) is 0 Å². The van der Waals surface area contributed by atoms with Gasteiger partial charge in [-0.3, -0.25) is 0 Å². The predicted molar refractivity (Wildman–Crippen MR) is 72.4 cm³/mol. The maximum atomic E-state index is 5.29. The number of hydrogen-bond donors (Lipinski definition) is 0. The van der Waals surface area contributed by atoms with E-state index in [9.17, 15) is 0 Å². The van der Waals surface area contributed by atoms with Crippen LogP contribution < -0.4 is 16.7 Å². The van der Waals surface area contributed by atoms with Crippen molar-refractivity contribution in [3.05, 3.63) is 36.7 Å². The Morgan fingerprint density at radius 3 is 1.67 bits per heavy atom. The van der Waals surface area contributed by atoms with E-state index in [1.807, 2.05) is 12.1 Å². The number of rotatable bonds is 5. The van der Waals surface area contributed by atoms with Crippen molar-refractivity contribution in [1.82, 2.24) is 9.97 Å². The van der Waals surface area contributed by atoms with Gasteiger partial charge in [-0.1, -0.05) is 0 Å². The molecule has 6 heteroatoms. The zero-order valence-electron chi connectivity index (χ0n) is 9.99. The summed E-state index contributed by atoms with van der Waals surface area (Å²) in [6.07, 6.45) is 3.53. The summed E-state index contributed by atoms with van der Waals surface area (Å²) in [4.78, 5) is 8.47. The number of aromatic nitrogens is 2. The van der Waals surface area contributed by atoms with Gasteiger partial charge in [-0.05, 0) is 0 Å². The molecule has 94 valence electrons. The zero-order valence-corrected chi connectivity index (χ0v) is 14.7. The van der Waals surface area contributed by atoms with Crippen molar-refractivity contribution < 1.29 is 9.47 Å². The molecule has 0 radical (unpaired) electrons. The Kier molecular flexibility index (Phi) is 5.53. The summed E-state index contributed by atoms with van der Waals surface area (Å²) in [5.74, 6) is 1.54. The van der Waals surface area contributed by atoms with Gasteiger partial charge in [0.25, 0.3) is 0 Å². The summed E-state index contributed by atoms with van der Waals surface area (Å²) in [6.45, 7) is 0. The Balaban J connectivity index is 2.11. The van der Waals surface area contributed by atoms with Gasteiger partial charge in [0.1, 0.15) is 0 Å². The van der Waals surface area contributed by atoms with Crippen LogP contribution in [0, 0.1) is 0 Å². The molecule has 0 aliphatic rings. The third kappa shape index (κ3) is 3.49. The van der Waals surface area contributed by atoms with Crippen LogP contribution in [0.3, 0.4) is 0 Å². The van der Waals surface area contributed by atoms with Gasteiger partial charge < -0.3 is 0 Å². The second-order valence-electron chi connectivity index (χ2n) is 3.19. The molecular weight excluding hydrogens is 459 g/mol. The molecule has 0 atom stereocenters. The molecule has 0 saturated carbocycles. The van der Waals surface area contributed by atoms with E-state index in [-0.39, 0.29) is 34.1 Å². The molecule has 0 N–H and O–H groups in total. The summed E-state index contributed by atoms with van der Waals surface area (Å²) in [5, 5.41) is 0. The second kappa shape index (κ2) is 7.16. The van der Waals surface area contributed by atoms with Crippen LogP contribution in [0.2, 0.25) is 0 Å². The third-order valence-corrected chi connectivity index (χ3v) is 13.6. The summed E-state index contributed by atoms with van der Waals surface area (Å²) < 4.78 is 13.1. The molecule has 0 saturated heterocycles. The van der Waals surface area contributed by atoms with Crippen LogP contribution in [0.1, 0.15) is 0 Å². The average molecular weight is 471 g/mol. The van der Waals surface area contributed by atoms with Crippen molar-refractivity contribution >= 4 is 41.3 Å². The normalized spacial score (nSPS) is 10.1. The third-order valence-electron chi connectivity index (χ3n) is 2.08. The summed E-state index contributed by atoms with van der Waals surface area (Å²) >= 11 is -0.545. The molecule has 0 unspecified atom stereocenters. The minimum absolute atomic E-state index is 0.272. The molecule has 0 aliphatic heterocycles. The van der Waals surface area contributed by atoms with Gasteiger partial charge >= 0.3 is 123 Å². The standard InChI is InChI=1S/C12H12N2O2Te2/c1-15-11-9(5-3-7-13-11)17-18-10-6-4-8-14-12(10)16-2/h3-8H,1-2H3. The van der Waals surface area contributed by atoms with Crippen molar-refractivity contribution in [3.63, 3.8) is 0 Å². The minimum atomic E-state index is -0.272. The van der Waals surface area contributed by atoms with Crippen molar-refractivity contribution in [2.75, 3.05) is 14.2 Å². The Bertz CT molecular complexity index is 475. The van der Waals surface area contributed by atoms with E-state index in [0.29, 0.717) is 0 Å². The predicted octanol–water partition coefficient (Wildman–Crippen LogP) is -0.232. The SMILES string of the molecule is COc1ncccc1[Te][Te]c1cccnc1OC. The first-order valence-corrected chi connectivity index (χ1v) is 14.8. The number of pyridine rings is 2. The maximum absolute atomic E-state index is 5.29. The van der Waals surface area contributed by atoms with Crippen LogP contribution in [0.25, 0.3) is 0 Å². The molecule has 2 aromatic heterocycles. The second-order valence-corrected chi connectivity index (χ2v) is 13.0. The van der Waals surface area contributed by atoms with Gasteiger partial charge in [-0.15, -0.1) is 0 Å². The Morgan fingerprint density at radius 2 is 1.28 bits per heavy atom. The number of ether oxygens (including phenoxy) is 2. The van der Waals surface area contributed by atoms with Crippen molar-refractivity contribution in [1.29, 1.82) is 0 Å². The molecule has 0 amide bonds. The first kappa shape index (κ1) is 13.9. The fourth-order valence-electron chi connectivity index (χ4n) is 1.28. The van der Waals surface area contributed by atoms with Crippen LogP contribution in [0.15, 0.2) is 36.7 Å². The van der Waals surface area contributed by atoms with Crippen LogP contribution in [0.4, 0.5) is 0 Å². The fraction of sp³-hybridized carbons (Fsp3) is 0.167. The molecule has 4 nitrogen and oxygen atoms in total. The average Bonchev–Trinajstić information content (AvgIpc) is 2.45. The van der Waals surface area contributed by atoms with Crippen LogP contribution in [-0.2, 0) is 0 Å². The van der Waals surface area contributed by atoms with Gasteiger partial charge in [0, 0.05) is 0 Å².